The van der Waals surface area contributed by atoms with Crippen LogP contribution in [0.25, 0.3) is 10.9 Å². The lowest BCUT2D eigenvalue weighted by atomic mass is 10.0. The monoisotopic (exact) mass is 377 g/mol. The summed E-state index contributed by atoms with van der Waals surface area (Å²) < 4.78 is 1.16. The molecule has 0 aliphatic carbocycles. The first-order valence-corrected chi connectivity index (χ1v) is 9.42. The first-order chi connectivity index (χ1) is 13.5. The molecule has 1 aliphatic rings. The van der Waals surface area contributed by atoms with Gasteiger partial charge in [0.15, 0.2) is 5.78 Å². The summed E-state index contributed by atoms with van der Waals surface area (Å²) in [5.41, 5.74) is 2.91. The lowest BCUT2D eigenvalue weighted by molar-refractivity contribution is 0.0994. The lowest BCUT2D eigenvalue weighted by Gasteiger charge is -2.34. The number of fused-ring (bicyclic) bond motifs is 1. The maximum atomic E-state index is 12.9. The molecule has 144 valence electrons. The first kappa shape index (κ1) is 18.3. The van der Waals surface area contributed by atoms with Crippen LogP contribution >= 0.6 is 0 Å². The fourth-order valence-corrected chi connectivity index (χ4v) is 3.73. The minimum atomic E-state index is -1.08. The number of hydrogen-bond acceptors (Lipinski definition) is 4. The summed E-state index contributed by atoms with van der Waals surface area (Å²) in [6, 6.07) is 15.2. The van der Waals surface area contributed by atoms with E-state index < -0.39 is 6.09 Å². The molecule has 2 aromatic carbocycles. The molecule has 0 spiro atoms. The van der Waals surface area contributed by atoms with Gasteiger partial charge in [0.1, 0.15) is 0 Å². The quantitative estimate of drug-likeness (QED) is 0.707. The third-order valence-electron chi connectivity index (χ3n) is 5.37. The summed E-state index contributed by atoms with van der Waals surface area (Å²) in [6.45, 7) is 3.74. The highest BCUT2D eigenvalue weighted by Crippen LogP contribution is 2.28. The van der Waals surface area contributed by atoms with Crippen LogP contribution in [0.2, 0.25) is 0 Å². The van der Waals surface area contributed by atoms with Gasteiger partial charge < -0.3 is 14.9 Å². The van der Waals surface area contributed by atoms with Crippen molar-refractivity contribution >= 4 is 28.5 Å². The number of likely N-dealkylation sites (N-methyl/N-ethyl adjacent to an activating group) is 1. The number of carboxylic acid groups (broad SMARTS) is 1. The van der Waals surface area contributed by atoms with Crippen molar-refractivity contribution in [1.29, 1.82) is 0 Å². The molecule has 0 atom stereocenters. The van der Waals surface area contributed by atoms with Crippen molar-refractivity contribution < 1.29 is 14.7 Å². The van der Waals surface area contributed by atoms with Gasteiger partial charge in [0, 0.05) is 55.4 Å². The van der Waals surface area contributed by atoms with Crippen molar-refractivity contribution in [1.82, 2.24) is 9.47 Å². The molecule has 28 heavy (non-hydrogen) atoms. The predicted octanol–water partition coefficient (Wildman–Crippen LogP) is 3.34. The fourth-order valence-electron chi connectivity index (χ4n) is 3.73. The highest BCUT2D eigenvalue weighted by atomic mass is 16.4. The molecule has 0 saturated carbocycles. The molecule has 3 aromatic rings. The second-order valence-corrected chi connectivity index (χ2v) is 7.27. The molecule has 0 amide bonds. The third kappa shape index (κ3) is 3.51. The number of hydrogen-bond donors (Lipinski definition) is 1. The van der Waals surface area contributed by atoms with Gasteiger partial charge in [-0.1, -0.05) is 36.4 Å². The molecule has 1 N–H and O–H groups in total. The Balaban J connectivity index is 1.70. The Bertz CT molecular complexity index is 1020. The van der Waals surface area contributed by atoms with Gasteiger partial charge in [-0.15, -0.1) is 0 Å². The van der Waals surface area contributed by atoms with Gasteiger partial charge in [-0.2, -0.15) is 0 Å². The van der Waals surface area contributed by atoms with Crippen LogP contribution in [0.5, 0.6) is 0 Å². The molecule has 1 fully saturated rings. The largest absolute Gasteiger partial charge is 0.464 e. The van der Waals surface area contributed by atoms with Gasteiger partial charge in [0.25, 0.3) is 0 Å². The minimum Gasteiger partial charge on any atom is -0.464 e. The number of ketones is 1. The van der Waals surface area contributed by atoms with E-state index in [-0.39, 0.29) is 12.2 Å². The molecule has 0 radical (unpaired) electrons. The molecule has 6 nitrogen and oxygen atoms in total. The summed E-state index contributed by atoms with van der Waals surface area (Å²) in [6.07, 6.45) is 0.616. The van der Waals surface area contributed by atoms with E-state index in [1.54, 1.807) is 0 Å². The summed E-state index contributed by atoms with van der Waals surface area (Å²) in [5, 5.41) is 10.3. The van der Waals surface area contributed by atoms with Gasteiger partial charge in [0.05, 0.1) is 5.52 Å². The van der Waals surface area contributed by atoms with E-state index in [4.69, 9.17) is 0 Å². The molecular formula is C22H23N3O3. The third-order valence-corrected chi connectivity index (χ3v) is 5.37. The minimum absolute atomic E-state index is 0.0800. The Kier molecular flexibility index (Phi) is 4.88. The van der Waals surface area contributed by atoms with E-state index in [1.165, 1.54) is 6.20 Å². The highest BCUT2D eigenvalue weighted by Gasteiger charge is 2.21. The zero-order valence-corrected chi connectivity index (χ0v) is 15.8. The molecule has 0 unspecified atom stereocenters. The zero-order chi connectivity index (χ0) is 19.7. The summed E-state index contributed by atoms with van der Waals surface area (Å²) in [4.78, 5) is 29.2. The van der Waals surface area contributed by atoms with Crippen LogP contribution < -0.4 is 4.90 Å². The van der Waals surface area contributed by atoms with Crippen LogP contribution in [0.4, 0.5) is 10.5 Å². The van der Waals surface area contributed by atoms with Crippen LogP contribution in [0.15, 0.2) is 54.7 Å². The van der Waals surface area contributed by atoms with Gasteiger partial charge in [-0.25, -0.2) is 4.79 Å². The van der Waals surface area contributed by atoms with Crippen molar-refractivity contribution in [2.24, 2.45) is 0 Å². The van der Waals surface area contributed by atoms with Crippen molar-refractivity contribution in [2.75, 3.05) is 38.1 Å². The van der Waals surface area contributed by atoms with Crippen LogP contribution in [-0.2, 0) is 6.42 Å². The number of piperazine rings is 1. The van der Waals surface area contributed by atoms with Crippen molar-refractivity contribution in [3.05, 3.63) is 65.9 Å². The summed E-state index contributed by atoms with van der Waals surface area (Å²) in [7, 11) is 2.10. The standard InChI is InChI=1S/C22H23N3O3/c1-23-9-11-24(12-10-23)17-7-8-18-19(15-25(22(27)28)20(18)14-17)21(26)13-16-5-3-2-4-6-16/h2-8,14-15H,9-13H2,1H3,(H,27,28). The molecule has 1 saturated heterocycles. The van der Waals surface area contributed by atoms with Crippen molar-refractivity contribution in [3.8, 4) is 0 Å². The lowest BCUT2D eigenvalue weighted by Crippen LogP contribution is -2.44. The Morgan fingerprint density at radius 2 is 1.71 bits per heavy atom. The SMILES string of the molecule is CN1CCN(c2ccc3c(C(=O)Cc4ccccc4)cn(C(=O)O)c3c2)CC1. The Morgan fingerprint density at radius 1 is 1.00 bits per heavy atom. The number of anilines is 1. The second kappa shape index (κ2) is 7.48. The Morgan fingerprint density at radius 3 is 2.39 bits per heavy atom. The number of carbonyl (C=O) groups excluding carboxylic acids is 1. The predicted molar refractivity (Wildman–Crippen MR) is 110 cm³/mol. The van der Waals surface area contributed by atoms with E-state index in [0.717, 1.165) is 42.0 Å². The topological polar surface area (TPSA) is 65.8 Å². The molecule has 1 aromatic heterocycles. The number of carbonyl (C=O) groups is 2. The average molecular weight is 377 g/mol. The van der Waals surface area contributed by atoms with E-state index in [9.17, 15) is 14.7 Å². The maximum absolute atomic E-state index is 12.9. The van der Waals surface area contributed by atoms with E-state index in [0.29, 0.717) is 16.5 Å². The molecule has 1 aliphatic heterocycles. The molecule has 2 heterocycles. The summed E-state index contributed by atoms with van der Waals surface area (Å²) in [5.74, 6) is -0.0800. The van der Waals surface area contributed by atoms with E-state index >= 15 is 0 Å². The zero-order valence-electron chi connectivity index (χ0n) is 15.8. The van der Waals surface area contributed by atoms with Gasteiger partial charge in [0.2, 0.25) is 0 Å². The number of rotatable bonds is 4. The molecule has 0 bridgehead atoms. The maximum Gasteiger partial charge on any atom is 0.416 e. The van der Waals surface area contributed by atoms with Crippen LogP contribution in [0.3, 0.4) is 0 Å². The van der Waals surface area contributed by atoms with Gasteiger partial charge in [-0.05, 0) is 24.7 Å². The first-order valence-electron chi connectivity index (χ1n) is 9.42. The molecule has 6 heteroatoms. The van der Waals surface area contributed by atoms with E-state index in [1.807, 2.05) is 48.5 Å². The van der Waals surface area contributed by atoms with Gasteiger partial charge >= 0.3 is 6.09 Å². The smallest absolute Gasteiger partial charge is 0.416 e. The summed E-state index contributed by atoms with van der Waals surface area (Å²) >= 11 is 0. The van der Waals surface area contributed by atoms with Crippen LogP contribution in [0.1, 0.15) is 15.9 Å². The number of Topliss-reactive ketones (excluding diaryl/α,β-unsaturated/α-hetero) is 1. The number of benzene rings is 2. The Labute approximate surface area is 163 Å². The normalized spacial score (nSPS) is 15.1. The number of nitrogens with zero attached hydrogens (tertiary/aromatic N) is 3. The molecular weight excluding hydrogens is 354 g/mol. The number of aromatic nitrogens is 1. The van der Waals surface area contributed by atoms with Gasteiger partial charge in [-0.3, -0.25) is 9.36 Å². The second-order valence-electron chi connectivity index (χ2n) is 7.27. The Hall–Kier alpha value is -3.12. The van der Waals surface area contributed by atoms with Crippen molar-refractivity contribution in [2.45, 2.75) is 6.42 Å². The van der Waals surface area contributed by atoms with Crippen LogP contribution in [-0.4, -0.2) is 59.7 Å². The van der Waals surface area contributed by atoms with Crippen LogP contribution in [0, 0.1) is 0 Å². The molecule has 4 rings (SSSR count). The highest BCUT2D eigenvalue weighted by molar-refractivity contribution is 6.11. The van der Waals surface area contributed by atoms with Crippen molar-refractivity contribution in [3.63, 3.8) is 0 Å². The average Bonchev–Trinajstić information content (AvgIpc) is 3.08. The van der Waals surface area contributed by atoms with E-state index in [2.05, 4.69) is 16.8 Å². The fraction of sp³-hybridized carbons (Fsp3) is 0.273.